The number of nitrogens with zero attached hydrogens (tertiary/aromatic N) is 1. The van der Waals surface area contributed by atoms with Gasteiger partial charge in [0.15, 0.2) is 0 Å². The van der Waals surface area contributed by atoms with E-state index < -0.39 is 17.1 Å². The Morgan fingerprint density at radius 1 is 0.756 bits per heavy atom. The van der Waals surface area contributed by atoms with Crippen LogP contribution in [0.3, 0.4) is 0 Å². The second-order valence-corrected chi connectivity index (χ2v) is 10.9. The van der Waals surface area contributed by atoms with Crippen molar-refractivity contribution in [2.24, 2.45) is 0 Å². The molecule has 1 heterocycles. The Morgan fingerprint density at radius 2 is 1.47 bits per heavy atom. The Bertz CT molecular complexity index is 1800. The standard InChI is InChI=1S/C36H30N4O4S/c1-44-30-16-8-10-25(22-30)23-32(40-34(41)27-13-6-3-7-14-27)35(42)39-29-15-9-17-31(24-29)45-33(26-11-4-2-5-12-26)36(43)38-28-18-20-37-21-19-28/h2-24,33H,1H3,(H,39,42)(H,40,41)(H,37,38,43)/b32-23-. The van der Waals surface area contributed by atoms with E-state index in [9.17, 15) is 14.4 Å². The second-order valence-electron chi connectivity index (χ2n) is 9.77. The summed E-state index contributed by atoms with van der Waals surface area (Å²) in [7, 11) is 1.56. The number of nitrogens with one attached hydrogen (secondary N) is 3. The van der Waals surface area contributed by atoms with Crippen molar-refractivity contribution < 1.29 is 19.1 Å². The lowest BCUT2D eigenvalue weighted by Gasteiger charge is -2.18. The van der Waals surface area contributed by atoms with Crippen molar-refractivity contribution in [3.8, 4) is 5.75 Å². The van der Waals surface area contributed by atoms with E-state index in [-0.39, 0.29) is 11.6 Å². The third-order valence-electron chi connectivity index (χ3n) is 6.57. The third-order valence-corrected chi connectivity index (χ3v) is 7.82. The van der Waals surface area contributed by atoms with E-state index in [1.54, 1.807) is 98.4 Å². The van der Waals surface area contributed by atoms with Gasteiger partial charge in [-0.3, -0.25) is 19.4 Å². The lowest BCUT2D eigenvalue weighted by atomic mass is 10.1. The fourth-order valence-corrected chi connectivity index (χ4v) is 5.45. The summed E-state index contributed by atoms with van der Waals surface area (Å²) in [4.78, 5) is 44.8. The maximum Gasteiger partial charge on any atom is 0.272 e. The molecule has 9 heteroatoms. The summed E-state index contributed by atoms with van der Waals surface area (Å²) in [6, 6.07) is 36.0. The monoisotopic (exact) mass is 614 g/mol. The van der Waals surface area contributed by atoms with Gasteiger partial charge in [-0.15, -0.1) is 11.8 Å². The molecule has 224 valence electrons. The van der Waals surface area contributed by atoms with Crippen LogP contribution in [0.2, 0.25) is 0 Å². The molecule has 1 unspecified atom stereocenters. The van der Waals surface area contributed by atoms with Crippen LogP contribution in [0.1, 0.15) is 26.7 Å². The van der Waals surface area contributed by atoms with E-state index in [2.05, 4.69) is 20.9 Å². The van der Waals surface area contributed by atoms with E-state index in [0.29, 0.717) is 28.3 Å². The fourth-order valence-electron chi connectivity index (χ4n) is 4.37. The third kappa shape index (κ3) is 8.68. The van der Waals surface area contributed by atoms with Crippen molar-refractivity contribution >= 4 is 46.9 Å². The van der Waals surface area contributed by atoms with Crippen LogP contribution in [0.25, 0.3) is 6.08 Å². The zero-order chi connectivity index (χ0) is 31.4. The van der Waals surface area contributed by atoms with E-state index in [1.165, 1.54) is 11.8 Å². The molecule has 45 heavy (non-hydrogen) atoms. The Kier molecular flexibility index (Phi) is 10.4. The summed E-state index contributed by atoms with van der Waals surface area (Å²) in [5.74, 6) is -0.517. The summed E-state index contributed by atoms with van der Waals surface area (Å²) in [5.41, 5.74) is 3.10. The first-order chi connectivity index (χ1) is 22.0. The molecule has 1 atom stereocenters. The van der Waals surface area contributed by atoms with Crippen molar-refractivity contribution in [1.82, 2.24) is 10.3 Å². The number of carbonyl (C=O) groups is 3. The number of carbonyl (C=O) groups excluding carboxylic acids is 3. The van der Waals surface area contributed by atoms with E-state index >= 15 is 0 Å². The second kappa shape index (κ2) is 15.2. The van der Waals surface area contributed by atoms with Crippen molar-refractivity contribution in [1.29, 1.82) is 0 Å². The van der Waals surface area contributed by atoms with Crippen molar-refractivity contribution in [3.05, 3.63) is 156 Å². The zero-order valence-corrected chi connectivity index (χ0v) is 25.2. The normalized spacial score (nSPS) is 11.6. The van der Waals surface area contributed by atoms with E-state index in [0.717, 1.165) is 10.5 Å². The molecule has 0 radical (unpaired) electrons. The number of anilines is 2. The van der Waals surface area contributed by atoms with Crippen LogP contribution < -0.4 is 20.7 Å². The largest absolute Gasteiger partial charge is 0.497 e. The predicted molar refractivity (Wildman–Crippen MR) is 178 cm³/mol. The van der Waals surface area contributed by atoms with Crippen LogP contribution in [0, 0.1) is 0 Å². The van der Waals surface area contributed by atoms with Crippen molar-refractivity contribution in [3.63, 3.8) is 0 Å². The number of aromatic nitrogens is 1. The molecular formula is C36H30N4O4S. The van der Waals surface area contributed by atoms with Gasteiger partial charge in [-0.2, -0.15) is 0 Å². The highest BCUT2D eigenvalue weighted by atomic mass is 32.2. The maximum atomic E-state index is 13.6. The van der Waals surface area contributed by atoms with Gasteiger partial charge in [-0.1, -0.05) is 66.7 Å². The van der Waals surface area contributed by atoms with Crippen LogP contribution >= 0.6 is 11.8 Å². The van der Waals surface area contributed by atoms with Crippen LogP contribution in [-0.4, -0.2) is 29.8 Å². The van der Waals surface area contributed by atoms with Gasteiger partial charge in [0, 0.05) is 34.2 Å². The lowest BCUT2D eigenvalue weighted by molar-refractivity contribution is -0.116. The zero-order valence-electron chi connectivity index (χ0n) is 24.3. The maximum absolute atomic E-state index is 13.6. The minimum atomic E-state index is -0.570. The molecule has 0 bridgehead atoms. The topological polar surface area (TPSA) is 109 Å². The highest BCUT2D eigenvalue weighted by Gasteiger charge is 2.23. The van der Waals surface area contributed by atoms with Gasteiger partial charge in [-0.05, 0) is 71.8 Å². The van der Waals surface area contributed by atoms with Crippen LogP contribution in [0.15, 0.2) is 144 Å². The number of hydrogen-bond acceptors (Lipinski definition) is 6. The molecule has 0 saturated heterocycles. The van der Waals surface area contributed by atoms with Gasteiger partial charge in [0.25, 0.3) is 11.8 Å². The Balaban J connectivity index is 1.38. The summed E-state index contributed by atoms with van der Waals surface area (Å²) in [6.45, 7) is 0. The highest BCUT2D eigenvalue weighted by molar-refractivity contribution is 8.00. The molecule has 5 rings (SSSR count). The molecular weight excluding hydrogens is 584 g/mol. The van der Waals surface area contributed by atoms with E-state index in [4.69, 9.17) is 4.74 Å². The van der Waals surface area contributed by atoms with Gasteiger partial charge >= 0.3 is 0 Å². The molecule has 0 spiro atoms. The predicted octanol–water partition coefficient (Wildman–Crippen LogP) is 6.97. The average Bonchev–Trinajstić information content (AvgIpc) is 3.08. The Morgan fingerprint density at radius 3 is 2.20 bits per heavy atom. The molecule has 8 nitrogen and oxygen atoms in total. The first-order valence-corrected chi connectivity index (χ1v) is 14.9. The number of benzene rings is 4. The molecule has 3 amide bonds. The van der Waals surface area contributed by atoms with Gasteiger partial charge in [-0.25, -0.2) is 0 Å². The highest BCUT2D eigenvalue weighted by Crippen LogP contribution is 2.37. The fraction of sp³-hybridized carbons (Fsp3) is 0.0556. The minimum Gasteiger partial charge on any atom is -0.497 e. The first-order valence-electron chi connectivity index (χ1n) is 14.0. The van der Waals surface area contributed by atoms with Gasteiger partial charge in [0.05, 0.1) is 7.11 Å². The summed E-state index contributed by atoms with van der Waals surface area (Å²) in [5, 5.41) is 8.04. The number of methoxy groups -OCH3 is 1. The van der Waals surface area contributed by atoms with Gasteiger partial charge in [0.2, 0.25) is 5.91 Å². The number of thioether (sulfide) groups is 1. The average molecular weight is 615 g/mol. The SMILES string of the molecule is COc1cccc(/C=C(\NC(=O)c2ccccc2)C(=O)Nc2cccc(SC(C(=O)Nc3ccncc3)c3ccccc3)c2)c1. The summed E-state index contributed by atoms with van der Waals surface area (Å²) in [6.07, 6.45) is 4.82. The van der Waals surface area contributed by atoms with Crippen LogP contribution in [0.5, 0.6) is 5.75 Å². The summed E-state index contributed by atoms with van der Waals surface area (Å²) < 4.78 is 5.32. The lowest BCUT2D eigenvalue weighted by Crippen LogP contribution is -2.30. The Hall–Kier alpha value is -5.67. The quantitative estimate of drug-likeness (QED) is 0.110. The molecule has 5 aromatic rings. The van der Waals surface area contributed by atoms with Crippen LogP contribution in [0.4, 0.5) is 11.4 Å². The number of rotatable bonds is 11. The molecule has 0 fully saturated rings. The Labute approximate surface area is 265 Å². The number of pyridine rings is 1. The number of ether oxygens (including phenoxy) is 1. The first kappa shape index (κ1) is 30.8. The number of amides is 3. The number of hydrogen-bond donors (Lipinski definition) is 3. The summed E-state index contributed by atoms with van der Waals surface area (Å²) >= 11 is 1.36. The van der Waals surface area contributed by atoms with Crippen LogP contribution in [-0.2, 0) is 9.59 Å². The van der Waals surface area contributed by atoms with Crippen molar-refractivity contribution in [2.75, 3.05) is 17.7 Å². The van der Waals surface area contributed by atoms with Crippen molar-refractivity contribution in [2.45, 2.75) is 10.1 Å². The van der Waals surface area contributed by atoms with Gasteiger partial charge in [0.1, 0.15) is 16.7 Å². The van der Waals surface area contributed by atoms with E-state index in [1.807, 2.05) is 48.5 Å². The minimum absolute atomic E-state index is 0.0500. The molecule has 1 aromatic heterocycles. The molecule has 4 aromatic carbocycles. The molecule has 3 N–H and O–H groups in total. The molecule has 0 aliphatic carbocycles. The molecule has 0 aliphatic rings. The smallest absolute Gasteiger partial charge is 0.272 e. The molecule has 0 aliphatic heterocycles. The van der Waals surface area contributed by atoms with Gasteiger partial charge < -0.3 is 20.7 Å². The molecule has 0 saturated carbocycles.